The minimum absolute atomic E-state index is 0.00298. The van der Waals surface area contributed by atoms with Crippen molar-refractivity contribution in [1.29, 1.82) is 0 Å². The van der Waals surface area contributed by atoms with E-state index < -0.39 is 35.7 Å². The van der Waals surface area contributed by atoms with Gasteiger partial charge < -0.3 is 29.8 Å². The van der Waals surface area contributed by atoms with Crippen LogP contribution in [0.15, 0.2) is 48.5 Å². The fourth-order valence-electron chi connectivity index (χ4n) is 3.94. The van der Waals surface area contributed by atoms with Gasteiger partial charge in [0.05, 0.1) is 0 Å². The zero-order chi connectivity index (χ0) is 30.6. The van der Waals surface area contributed by atoms with Crippen LogP contribution in [0.1, 0.15) is 72.3 Å². The molecule has 41 heavy (non-hydrogen) atoms. The summed E-state index contributed by atoms with van der Waals surface area (Å²) in [5.74, 6) is -1.77. The molecular weight excluding hydrogens is 530 g/mol. The van der Waals surface area contributed by atoms with Gasteiger partial charge >= 0.3 is 24.1 Å². The van der Waals surface area contributed by atoms with Gasteiger partial charge in [-0.3, -0.25) is 14.4 Å². The number of carbonyl (C=O) groups is 4. The van der Waals surface area contributed by atoms with Crippen molar-refractivity contribution in [3.63, 3.8) is 0 Å². The third kappa shape index (κ3) is 11.2. The molecule has 0 saturated heterocycles. The first-order valence-corrected chi connectivity index (χ1v) is 13.8. The van der Waals surface area contributed by atoms with Gasteiger partial charge in [-0.15, -0.1) is 0 Å². The minimum atomic E-state index is -1.85. The third-order valence-corrected chi connectivity index (χ3v) is 6.72. The average molecular weight is 572 g/mol. The van der Waals surface area contributed by atoms with E-state index >= 15 is 0 Å². The van der Waals surface area contributed by atoms with Crippen LogP contribution in [0.2, 0.25) is 0 Å². The first kappa shape index (κ1) is 33.3. The Hall–Kier alpha value is -3.92. The second-order valence-electron chi connectivity index (χ2n) is 10.6. The first-order valence-electron chi connectivity index (χ1n) is 13.8. The lowest BCUT2D eigenvalue weighted by Gasteiger charge is -2.28. The number of benzene rings is 2. The molecule has 224 valence electrons. The van der Waals surface area contributed by atoms with Crippen molar-refractivity contribution in [2.24, 2.45) is 17.6 Å². The van der Waals surface area contributed by atoms with Gasteiger partial charge in [-0.05, 0) is 48.6 Å². The van der Waals surface area contributed by atoms with Crippen molar-refractivity contribution >= 4 is 24.1 Å². The predicted molar refractivity (Wildman–Crippen MR) is 152 cm³/mol. The average Bonchev–Trinajstić information content (AvgIpc) is 2.90. The number of ether oxygens (including phenoxy) is 4. The highest BCUT2D eigenvalue weighted by molar-refractivity contribution is 5.80. The molecule has 0 fully saturated rings. The number of para-hydroxylation sites is 1. The van der Waals surface area contributed by atoms with Crippen LogP contribution in [-0.2, 0) is 25.5 Å². The van der Waals surface area contributed by atoms with Gasteiger partial charge in [0.1, 0.15) is 17.4 Å². The smallest absolute Gasteiger partial charge is 0.480 e. The summed E-state index contributed by atoms with van der Waals surface area (Å²) in [5, 5.41) is 9.98. The summed E-state index contributed by atoms with van der Waals surface area (Å²) in [7, 11) is 0. The van der Waals surface area contributed by atoms with Crippen LogP contribution in [0.4, 0.5) is 4.79 Å². The maximum absolute atomic E-state index is 12.6. The van der Waals surface area contributed by atoms with Gasteiger partial charge in [-0.1, -0.05) is 64.8 Å². The summed E-state index contributed by atoms with van der Waals surface area (Å²) in [4.78, 5) is 49.5. The molecule has 10 heteroatoms. The maximum Gasteiger partial charge on any atom is 0.514 e. The first-order chi connectivity index (χ1) is 19.3. The maximum atomic E-state index is 12.6. The van der Waals surface area contributed by atoms with Crippen LogP contribution in [0.3, 0.4) is 0 Å². The lowest BCUT2D eigenvalue weighted by atomic mass is 9.86. The molecule has 0 aromatic heterocycles. The summed E-state index contributed by atoms with van der Waals surface area (Å²) in [5.41, 5.74) is 4.87. The number of hydrogen-bond acceptors (Lipinski definition) is 9. The van der Waals surface area contributed by atoms with Crippen LogP contribution >= 0.6 is 0 Å². The molecule has 0 bridgehead atoms. The Labute approximate surface area is 241 Å². The van der Waals surface area contributed by atoms with E-state index in [-0.39, 0.29) is 54.8 Å². The third-order valence-electron chi connectivity index (χ3n) is 6.72. The topological polar surface area (TPSA) is 151 Å². The summed E-state index contributed by atoms with van der Waals surface area (Å²) < 4.78 is 21.4. The van der Waals surface area contributed by atoms with E-state index in [1.807, 2.05) is 27.7 Å². The predicted octanol–water partition coefficient (Wildman–Crippen LogP) is 5.69. The van der Waals surface area contributed by atoms with E-state index in [0.717, 1.165) is 12.8 Å². The quantitative estimate of drug-likeness (QED) is 0.155. The summed E-state index contributed by atoms with van der Waals surface area (Å²) in [6.45, 7) is 9.28. The highest BCUT2D eigenvalue weighted by atomic mass is 16.7. The van der Waals surface area contributed by atoms with Crippen molar-refractivity contribution in [1.82, 2.24) is 0 Å². The van der Waals surface area contributed by atoms with Gasteiger partial charge in [-0.25, -0.2) is 4.79 Å². The zero-order valence-corrected chi connectivity index (χ0v) is 24.4. The lowest BCUT2D eigenvalue weighted by Crippen LogP contribution is -2.52. The Kier molecular flexibility index (Phi) is 12.8. The van der Waals surface area contributed by atoms with Gasteiger partial charge in [0.15, 0.2) is 11.5 Å². The Morgan fingerprint density at radius 3 is 1.93 bits per heavy atom. The molecule has 0 amide bonds. The van der Waals surface area contributed by atoms with Gasteiger partial charge in [-0.2, -0.15) is 0 Å². The number of carbonyl (C=O) groups excluding carboxylic acids is 3. The molecule has 0 aliphatic rings. The number of carboxylic acid groups (broad SMARTS) is 1. The van der Waals surface area contributed by atoms with Crippen molar-refractivity contribution in [2.45, 2.75) is 84.8 Å². The van der Waals surface area contributed by atoms with Gasteiger partial charge in [0.25, 0.3) is 0 Å². The summed E-state index contributed by atoms with van der Waals surface area (Å²) in [6.07, 6.45) is -0.401. The fraction of sp³-hybridized carbons (Fsp3) is 0.484. The van der Waals surface area contributed by atoms with E-state index in [1.54, 1.807) is 36.4 Å². The van der Waals surface area contributed by atoms with E-state index in [0.29, 0.717) is 5.56 Å². The Bertz CT molecular complexity index is 1180. The molecule has 10 nitrogen and oxygen atoms in total. The normalized spacial score (nSPS) is 14.6. The van der Waals surface area contributed by atoms with E-state index in [2.05, 4.69) is 0 Å². The molecule has 0 spiro atoms. The second-order valence-corrected chi connectivity index (χ2v) is 10.6. The second kappa shape index (κ2) is 15.8. The van der Waals surface area contributed by atoms with Gasteiger partial charge in [0, 0.05) is 25.7 Å². The molecule has 0 radical (unpaired) electrons. The fourth-order valence-corrected chi connectivity index (χ4v) is 3.94. The van der Waals surface area contributed by atoms with Crippen molar-refractivity contribution < 1.29 is 43.2 Å². The molecule has 2 aromatic rings. The van der Waals surface area contributed by atoms with E-state index in [9.17, 15) is 24.3 Å². The molecule has 0 saturated carbocycles. The SMILES string of the molecule is CCC(C)CC(=O)Oc1ccc(CC(N)(C[C@H](C)OC(=O)Oc2ccccc2)C(=O)O)cc1OC(=O)CC(C)CC. The van der Waals surface area contributed by atoms with Crippen LogP contribution < -0.4 is 19.9 Å². The molecule has 0 aliphatic carbocycles. The van der Waals surface area contributed by atoms with E-state index in [4.69, 9.17) is 24.7 Å². The molecule has 2 aromatic carbocycles. The van der Waals surface area contributed by atoms with Gasteiger partial charge in [0.2, 0.25) is 0 Å². The minimum Gasteiger partial charge on any atom is -0.480 e. The van der Waals surface area contributed by atoms with Crippen molar-refractivity contribution in [3.8, 4) is 17.2 Å². The van der Waals surface area contributed by atoms with Crippen molar-refractivity contribution in [3.05, 3.63) is 54.1 Å². The molecule has 0 heterocycles. The molecule has 3 unspecified atom stereocenters. The standard InChI is InChI=1S/C31H41NO9/c1-6-20(3)15-27(33)40-25-14-13-23(17-26(25)41-28(34)16-21(4)7-2)19-31(32,29(35)36)18-22(5)38-30(37)39-24-11-9-8-10-12-24/h8-14,17,20-22H,6-7,15-16,18-19,32H2,1-5H3,(H,35,36)/t20?,21?,22-,31?/m0/s1. The molecule has 4 atom stereocenters. The van der Waals surface area contributed by atoms with E-state index in [1.165, 1.54) is 19.1 Å². The number of hydrogen-bond donors (Lipinski definition) is 2. The summed E-state index contributed by atoms with van der Waals surface area (Å²) in [6, 6.07) is 12.7. The lowest BCUT2D eigenvalue weighted by molar-refractivity contribution is -0.144. The number of rotatable bonds is 15. The largest absolute Gasteiger partial charge is 0.514 e. The Morgan fingerprint density at radius 2 is 1.39 bits per heavy atom. The molecule has 0 aliphatic heterocycles. The zero-order valence-electron chi connectivity index (χ0n) is 24.4. The number of nitrogens with two attached hydrogens (primary N) is 1. The Balaban J connectivity index is 2.22. The van der Waals surface area contributed by atoms with Crippen LogP contribution in [0, 0.1) is 11.8 Å². The molecular formula is C31H41NO9. The molecule has 3 N–H and O–H groups in total. The highest BCUT2D eigenvalue weighted by Crippen LogP contribution is 2.32. The number of aliphatic carboxylic acids is 1. The van der Waals surface area contributed by atoms with Crippen LogP contribution in [0.5, 0.6) is 17.2 Å². The summed E-state index contributed by atoms with van der Waals surface area (Å²) >= 11 is 0. The molecule has 2 rings (SSSR count). The van der Waals surface area contributed by atoms with Crippen LogP contribution in [-0.4, -0.2) is 40.8 Å². The monoisotopic (exact) mass is 571 g/mol. The number of esters is 2. The highest BCUT2D eigenvalue weighted by Gasteiger charge is 2.37. The van der Waals surface area contributed by atoms with Crippen LogP contribution in [0.25, 0.3) is 0 Å². The number of carboxylic acids is 1. The van der Waals surface area contributed by atoms with Crippen molar-refractivity contribution in [2.75, 3.05) is 0 Å². The Morgan fingerprint density at radius 1 is 0.829 bits per heavy atom.